The number of carbonyl (C=O) groups excluding carboxylic acids is 2. The Morgan fingerprint density at radius 2 is 1.58 bits per heavy atom. The molecule has 0 aliphatic heterocycles. The van der Waals surface area contributed by atoms with E-state index >= 15 is 0 Å². The molecule has 2 rings (SSSR count). The maximum absolute atomic E-state index is 12.1. The van der Waals surface area contributed by atoms with Crippen LogP contribution in [-0.2, 0) is 9.59 Å². The third kappa shape index (κ3) is 7.25. The average molecular weight is 356 g/mol. The number of nitrogens with one attached hydrogen (secondary N) is 2. The van der Waals surface area contributed by atoms with Gasteiger partial charge in [-0.1, -0.05) is 13.8 Å². The summed E-state index contributed by atoms with van der Waals surface area (Å²) in [6.07, 6.45) is 9.87. The van der Waals surface area contributed by atoms with Crippen LogP contribution in [0, 0.1) is 5.92 Å². The van der Waals surface area contributed by atoms with Crippen molar-refractivity contribution in [1.82, 2.24) is 10.6 Å². The van der Waals surface area contributed by atoms with Gasteiger partial charge < -0.3 is 19.5 Å². The molecule has 0 radical (unpaired) electrons. The van der Waals surface area contributed by atoms with Gasteiger partial charge in [-0.25, -0.2) is 0 Å². The van der Waals surface area contributed by atoms with E-state index in [1.165, 1.54) is 12.2 Å². The van der Waals surface area contributed by atoms with Gasteiger partial charge in [0.2, 0.25) is 11.8 Å². The van der Waals surface area contributed by atoms with Crippen LogP contribution in [-0.4, -0.2) is 24.4 Å². The predicted octanol–water partition coefficient (Wildman–Crippen LogP) is 3.25. The fraction of sp³-hybridized carbons (Fsp3) is 0.300. The summed E-state index contributed by atoms with van der Waals surface area (Å²) in [5.74, 6) is 1.13. The lowest BCUT2D eigenvalue weighted by Gasteiger charge is -2.20. The Morgan fingerprint density at radius 3 is 2.08 bits per heavy atom. The molecule has 2 heterocycles. The van der Waals surface area contributed by atoms with Gasteiger partial charge in [0.1, 0.15) is 11.5 Å². The van der Waals surface area contributed by atoms with Gasteiger partial charge in [0, 0.05) is 24.7 Å². The Kier molecular flexibility index (Phi) is 7.49. The highest BCUT2D eigenvalue weighted by atomic mass is 16.3. The lowest BCUT2D eigenvalue weighted by atomic mass is 10.0. The lowest BCUT2D eigenvalue weighted by molar-refractivity contribution is -0.119. The van der Waals surface area contributed by atoms with Gasteiger partial charge in [-0.05, 0) is 48.8 Å². The second kappa shape index (κ2) is 10.1. The second-order valence-corrected chi connectivity index (χ2v) is 6.28. The van der Waals surface area contributed by atoms with Crippen LogP contribution in [0.15, 0.2) is 57.8 Å². The fourth-order valence-electron chi connectivity index (χ4n) is 2.38. The molecule has 2 aromatic rings. The number of rotatable bonds is 9. The third-order valence-corrected chi connectivity index (χ3v) is 3.51. The Balaban J connectivity index is 1.83. The van der Waals surface area contributed by atoms with Crippen LogP contribution in [0.3, 0.4) is 0 Å². The topological polar surface area (TPSA) is 84.5 Å². The van der Waals surface area contributed by atoms with E-state index in [2.05, 4.69) is 24.5 Å². The zero-order valence-electron chi connectivity index (χ0n) is 15.0. The van der Waals surface area contributed by atoms with Crippen LogP contribution in [0.2, 0.25) is 0 Å². The maximum atomic E-state index is 12.1. The molecule has 0 aliphatic carbocycles. The van der Waals surface area contributed by atoms with E-state index in [1.54, 1.807) is 48.9 Å². The molecule has 26 heavy (non-hydrogen) atoms. The monoisotopic (exact) mass is 356 g/mol. The van der Waals surface area contributed by atoms with Crippen molar-refractivity contribution in [1.29, 1.82) is 0 Å². The van der Waals surface area contributed by atoms with Crippen molar-refractivity contribution in [2.45, 2.75) is 26.3 Å². The van der Waals surface area contributed by atoms with Crippen LogP contribution in [0.25, 0.3) is 12.2 Å². The molecule has 2 amide bonds. The van der Waals surface area contributed by atoms with E-state index in [0.29, 0.717) is 24.0 Å². The minimum absolute atomic E-state index is 0.162. The van der Waals surface area contributed by atoms with Gasteiger partial charge in [0.15, 0.2) is 0 Å². The first-order valence-electron chi connectivity index (χ1n) is 8.54. The van der Waals surface area contributed by atoms with Gasteiger partial charge in [0.05, 0.1) is 12.5 Å². The lowest BCUT2D eigenvalue weighted by Crippen LogP contribution is -2.43. The highest BCUT2D eigenvalue weighted by Crippen LogP contribution is 2.06. The van der Waals surface area contributed by atoms with Gasteiger partial charge in [0.25, 0.3) is 0 Å². The molecule has 138 valence electrons. The Labute approximate surface area is 153 Å². The minimum atomic E-state index is -0.240. The van der Waals surface area contributed by atoms with E-state index in [9.17, 15) is 9.59 Å². The molecule has 0 aromatic carbocycles. The first-order valence-corrected chi connectivity index (χ1v) is 8.54. The van der Waals surface area contributed by atoms with E-state index < -0.39 is 0 Å². The molecule has 2 N–H and O–H groups in total. The van der Waals surface area contributed by atoms with Crippen LogP contribution < -0.4 is 10.6 Å². The molecule has 0 saturated carbocycles. The molecular weight excluding hydrogens is 332 g/mol. The highest BCUT2D eigenvalue weighted by molar-refractivity contribution is 5.92. The number of hydrogen-bond donors (Lipinski definition) is 2. The van der Waals surface area contributed by atoms with Crippen molar-refractivity contribution < 1.29 is 18.4 Å². The molecule has 0 aliphatic rings. The Morgan fingerprint density at radius 1 is 1.00 bits per heavy atom. The molecule has 1 atom stereocenters. The van der Waals surface area contributed by atoms with Gasteiger partial charge in [-0.3, -0.25) is 9.59 Å². The SMILES string of the molecule is CC(C)CC(CNC(=O)/C=C/c1ccco1)NC(=O)/C=C/c1ccco1. The van der Waals surface area contributed by atoms with E-state index in [0.717, 1.165) is 6.42 Å². The summed E-state index contributed by atoms with van der Waals surface area (Å²) in [5, 5.41) is 5.71. The maximum Gasteiger partial charge on any atom is 0.244 e. The van der Waals surface area contributed by atoms with Crippen LogP contribution in [0.5, 0.6) is 0 Å². The summed E-state index contributed by atoms with van der Waals surface area (Å²) in [4.78, 5) is 24.0. The predicted molar refractivity (Wildman–Crippen MR) is 99.9 cm³/mol. The molecule has 0 saturated heterocycles. The van der Waals surface area contributed by atoms with E-state index in [1.807, 2.05) is 0 Å². The summed E-state index contributed by atoms with van der Waals surface area (Å²) in [5.41, 5.74) is 0. The van der Waals surface area contributed by atoms with E-state index in [-0.39, 0.29) is 17.9 Å². The quantitative estimate of drug-likeness (QED) is 0.676. The zero-order valence-corrected chi connectivity index (χ0v) is 15.0. The third-order valence-electron chi connectivity index (χ3n) is 3.51. The van der Waals surface area contributed by atoms with Crippen LogP contribution in [0.1, 0.15) is 31.8 Å². The molecule has 0 spiro atoms. The molecular formula is C20H24N2O4. The van der Waals surface area contributed by atoms with Gasteiger partial charge in [-0.2, -0.15) is 0 Å². The smallest absolute Gasteiger partial charge is 0.244 e. The molecule has 0 fully saturated rings. The largest absolute Gasteiger partial charge is 0.465 e. The van der Waals surface area contributed by atoms with Crippen LogP contribution in [0.4, 0.5) is 0 Å². The van der Waals surface area contributed by atoms with Crippen molar-refractivity contribution >= 4 is 24.0 Å². The van der Waals surface area contributed by atoms with Gasteiger partial charge in [-0.15, -0.1) is 0 Å². The zero-order chi connectivity index (χ0) is 18.8. The van der Waals surface area contributed by atoms with Gasteiger partial charge >= 0.3 is 0 Å². The molecule has 6 heteroatoms. The first-order chi connectivity index (χ1) is 12.5. The summed E-state index contributed by atoms with van der Waals surface area (Å²) in [7, 11) is 0. The van der Waals surface area contributed by atoms with Crippen molar-refractivity contribution in [3.05, 3.63) is 60.5 Å². The minimum Gasteiger partial charge on any atom is -0.465 e. The summed E-state index contributed by atoms with van der Waals surface area (Å²) in [6, 6.07) is 6.87. The molecule has 6 nitrogen and oxygen atoms in total. The van der Waals surface area contributed by atoms with Crippen LogP contribution >= 0.6 is 0 Å². The second-order valence-electron chi connectivity index (χ2n) is 6.28. The van der Waals surface area contributed by atoms with Crippen molar-refractivity contribution in [3.63, 3.8) is 0 Å². The Bertz CT molecular complexity index is 728. The number of hydrogen-bond acceptors (Lipinski definition) is 4. The standard InChI is InChI=1S/C20H24N2O4/c1-15(2)13-16(22-20(24)10-8-18-6-4-12-26-18)14-21-19(23)9-7-17-5-3-11-25-17/h3-12,15-16H,13-14H2,1-2H3,(H,21,23)(H,22,24)/b9-7+,10-8+. The summed E-state index contributed by atoms with van der Waals surface area (Å²) >= 11 is 0. The van der Waals surface area contributed by atoms with Crippen molar-refractivity contribution in [3.8, 4) is 0 Å². The number of amides is 2. The molecule has 1 unspecified atom stereocenters. The fourth-order valence-corrected chi connectivity index (χ4v) is 2.38. The summed E-state index contributed by atoms with van der Waals surface area (Å²) in [6.45, 7) is 4.48. The molecule has 0 bridgehead atoms. The Hall–Kier alpha value is -3.02. The number of furan rings is 2. The molecule has 2 aromatic heterocycles. The van der Waals surface area contributed by atoms with E-state index in [4.69, 9.17) is 8.83 Å². The normalized spacial score (nSPS) is 12.7. The highest BCUT2D eigenvalue weighted by Gasteiger charge is 2.13. The number of carbonyl (C=O) groups is 2. The summed E-state index contributed by atoms with van der Waals surface area (Å²) < 4.78 is 10.3. The average Bonchev–Trinajstić information content (AvgIpc) is 3.29. The van der Waals surface area contributed by atoms with Crippen molar-refractivity contribution in [2.75, 3.05) is 6.54 Å². The van der Waals surface area contributed by atoms with Crippen molar-refractivity contribution in [2.24, 2.45) is 5.92 Å². The first kappa shape index (κ1) is 19.3.